The zero-order chi connectivity index (χ0) is 13.9. The second kappa shape index (κ2) is 6.18. The van der Waals surface area contributed by atoms with Crippen molar-refractivity contribution in [3.8, 4) is 0 Å². The van der Waals surface area contributed by atoms with Gasteiger partial charge in [0.15, 0.2) is 0 Å². The maximum Gasteiger partial charge on any atom is 0.411 e. The molecule has 0 bridgehead atoms. The molecule has 0 heterocycles. The van der Waals surface area contributed by atoms with E-state index in [1.807, 2.05) is 0 Å². The number of ether oxygens (including phenoxy) is 1. The number of benzene rings is 1. The van der Waals surface area contributed by atoms with Crippen molar-refractivity contribution < 1.29 is 27.4 Å². The number of aliphatic hydroxyl groups excluding tert-OH is 1. The Labute approximate surface area is 114 Å². The first kappa shape index (κ1) is 15.7. The molecular formula is C10H8BrClF4O2. The molecule has 0 amide bonds. The fraction of sp³-hybridized carbons (Fsp3) is 0.400. The van der Waals surface area contributed by atoms with Crippen LogP contribution in [0.1, 0.15) is 11.7 Å². The average molecular weight is 352 g/mol. The molecule has 1 atom stereocenters. The van der Waals surface area contributed by atoms with E-state index in [1.165, 1.54) is 12.1 Å². The van der Waals surface area contributed by atoms with Crippen molar-refractivity contribution in [3.63, 3.8) is 0 Å². The molecule has 0 aliphatic rings. The zero-order valence-electron chi connectivity index (χ0n) is 8.77. The van der Waals surface area contributed by atoms with E-state index in [4.69, 9.17) is 11.6 Å². The minimum absolute atomic E-state index is 0.217. The molecule has 0 saturated heterocycles. The van der Waals surface area contributed by atoms with E-state index in [-0.39, 0.29) is 15.1 Å². The number of hydrogen-bond acceptors (Lipinski definition) is 2. The van der Waals surface area contributed by atoms with Gasteiger partial charge in [-0.2, -0.15) is 13.2 Å². The third-order valence-electron chi connectivity index (χ3n) is 1.97. The van der Waals surface area contributed by atoms with Crippen molar-refractivity contribution in [3.05, 3.63) is 33.0 Å². The maximum absolute atomic E-state index is 13.6. The Morgan fingerprint density at radius 1 is 1.39 bits per heavy atom. The van der Waals surface area contributed by atoms with Crippen LogP contribution in [0.4, 0.5) is 17.6 Å². The molecule has 1 aromatic rings. The molecule has 0 aliphatic carbocycles. The van der Waals surface area contributed by atoms with Gasteiger partial charge in [-0.15, -0.1) is 0 Å². The third kappa shape index (κ3) is 4.38. The van der Waals surface area contributed by atoms with Gasteiger partial charge in [0.2, 0.25) is 0 Å². The molecule has 1 N–H and O–H groups in total. The van der Waals surface area contributed by atoms with Crippen LogP contribution in [0.25, 0.3) is 0 Å². The fourth-order valence-corrected chi connectivity index (χ4v) is 1.65. The van der Waals surface area contributed by atoms with Gasteiger partial charge >= 0.3 is 6.18 Å². The quantitative estimate of drug-likeness (QED) is 0.659. The third-order valence-corrected chi connectivity index (χ3v) is 3.22. The van der Waals surface area contributed by atoms with Crippen molar-refractivity contribution in [2.45, 2.75) is 12.3 Å². The monoisotopic (exact) mass is 350 g/mol. The Balaban J connectivity index is 2.68. The number of aliphatic hydroxyl groups is 1. The molecule has 0 radical (unpaired) electrons. The summed E-state index contributed by atoms with van der Waals surface area (Å²) >= 11 is 8.55. The summed E-state index contributed by atoms with van der Waals surface area (Å²) < 4.78 is 53.5. The second-order valence-electron chi connectivity index (χ2n) is 3.41. The molecule has 1 unspecified atom stereocenters. The molecule has 102 valence electrons. The summed E-state index contributed by atoms with van der Waals surface area (Å²) in [4.78, 5) is 0. The zero-order valence-corrected chi connectivity index (χ0v) is 11.1. The second-order valence-corrected chi connectivity index (χ2v) is 4.64. The molecule has 1 rings (SSSR count). The molecule has 18 heavy (non-hydrogen) atoms. The highest BCUT2D eigenvalue weighted by Crippen LogP contribution is 2.30. The van der Waals surface area contributed by atoms with E-state index in [0.717, 1.165) is 0 Å². The molecule has 2 nitrogen and oxygen atoms in total. The predicted molar refractivity (Wildman–Crippen MR) is 60.9 cm³/mol. The van der Waals surface area contributed by atoms with Crippen molar-refractivity contribution in [1.29, 1.82) is 0 Å². The summed E-state index contributed by atoms with van der Waals surface area (Å²) in [6, 6.07) is 2.60. The normalized spacial score (nSPS) is 13.7. The van der Waals surface area contributed by atoms with Crippen LogP contribution in [0, 0.1) is 5.82 Å². The predicted octanol–water partition coefficient (Wildman–Crippen LogP) is 3.85. The Morgan fingerprint density at radius 3 is 2.56 bits per heavy atom. The molecule has 1 aromatic carbocycles. The smallest absolute Gasteiger partial charge is 0.386 e. The van der Waals surface area contributed by atoms with E-state index in [2.05, 4.69) is 20.7 Å². The first-order valence-electron chi connectivity index (χ1n) is 4.68. The van der Waals surface area contributed by atoms with Crippen molar-refractivity contribution in [2.24, 2.45) is 0 Å². The largest absolute Gasteiger partial charge is 0.411 e. The maximum atomic E-state index is 13.6. The summed E-state index contributed by atoms with van der Waals surface area (Å²) in [5.41, 5.74) is -0.217. The van der Waals surface area contributed by atoms with Crippen LogP contribution in [0.5, 0.6) is 0 Å². The van der Waals surface area contributed by atoms with Crippen LogP contribution >= 0.6 is 27.5 Å². The van der Waals surface area contributed by atoms with Gasteiger partial charge < -0.3 is 9.84 Å². The highest BCUT2D eigenvalue weighted by molar-refractivity contribution is 9.10. The van der Waals surface area contributed by atoms with E-state index >= 15 is 0 Å². The van der Waals surface area contributed by atoms with Gasteiger partial charge in [-0.05, 0) is 22.0 Å². The van der Waals surface area contributed by atoms with Gasteiger partial charge in [0, 0.05) is 10.0 Å². The summed E-state index contributed by atoms with van der Waals surface area (Å²) in [5.74, 6) is -0.894. The van der Waals surface area contributed by atoms with Crippen LogP contribution in [0.3, 0.4) is 0 Å². The Hall–Kier alpha value is -0.370. The van der Waals surface area contributed by atoms with Crippen LogP contribution in [-0.4, -0.2) is 24.5 Å². The van der Waals surface area contributed by atoms with Crippen molar-refractivity contribution in [1.82, 2.24) is 0 Å². The van der Waals surface area contributed by atoms with Crippen LogP contribution in [0.15, 0.2) is 16.6 Å². The van der Waals surface area contributed by atoms with E-state index in [9.17, 15) is 22.7 Å². The molecule has 0 saturated carbocycles. The highest BCUT2D eigenvalue weighted by Gasteiger charge is 2.28. The summed E-state index contributed by atoms with van der Waals surface area (Å²) in [6.07, 6.45) is -6.01. The Bertz CT molecular complexity index is 425. The molecule has 0 spiro atoms. The van der Waals surface area contributed by atoms with Crippen LogP contribution in [0.2, 0.25) is 5.02 Å². The standard InChI is InChI=1S/C10H8BrClF4O2/c11-6-2-1-5(9(13)8(6)12)7(17)3-18-4-10(14,15)16/h1-2,7,17H,3-4H2. The van der Waals surface area contributed by atoms with Gasteiger partial charge in [-0.25, -0.2) is 4.39 Å². The van der Waals surface area contributed by atoms with E-state index in [0.29, 0.717) is 0 Å². The fourth-order valence-electron chi connectivity index (χ4n) is 1.17. The number of rotatable bonds is 4. The number of halogens is 6. The van der Waals surface area contributed by atoms with E-state index in [1.54, 1.807) is 0 Å². The molecule has 8 heteroatoms. The van der Waals surface area contributed by atoms with E-state index < -0.39 is 31.3 Å². The Kier molecular flexibility index (Phi) is 5.39. The topological polar surface area (TPSA) is 29.5 Å². The SMILES string of the molecule is OC(COCC(F)(F)F)c1ccc(Br)c(Cl)c1F. The first-order valence-corrected chi connectivity index (χ1v) is 5.85. The van der Waals surface area contributed by atoms with Crippen molar-refractivity contribution >= 4 is 27.5 Å². The number of alkyl halides is 3. The van der Waals surface area contributed by atoms with Gasteiger partial charge in [0.05, 0.1) is 11.6 Å². The highest BCUT2D eigenvalue weighted by atomic mass is 79.9. The van der Waals surface area contributed by atoms with Crippen molar-refractivity contribution in [2.75, 3.05) is 13.2 Å². The van der Waals surface area contributed by atoms with Gasteiger partial charge in [0.25, 0.3) is 0 Å². The van der Waals surface area contributed by atoms with Gasteiger partial charge in [-0.1, -0.05) is 17.7 Å². The van der Waals surface area contributed by atoms with Crippen LogP contribution in [-0.2, 0) is 4.74 Å². The average Bonchev–Trinajstić information content (AvgIpc) is 2.24. The lowest BCUT2D eigenvalue weighted by Crippen LogP contribution is -2.20. The molecule has 0 fully saturated rings. The molecule has 0 aliphatic heterocycles. The summed E-state index contributed by atoms with van der Waals surface area (Å²) in [6.45, 7) is -2.18. The van der Waals surface area contributed by atoms with Gasteiger partial charge in [0.1, 0.15) is 18.5 Å². The summed E-state index contributed by atoms with van der Waals surface area (Å²) in [7, 11) is 0. The van der Waals surface area contributed by atoms with Crippen LogP contribution < -0.4 is 0 Å². The summed E-state index contributed by atoms with van der Waals surface area (Å²) in [5, 5.41) is 9.26. The first-order chi connectivity index (χ1) is 8.22. The van der Waals surface area contributed by atoms with Gasteiger partial charge in [-0.3, -0.25) is 0 Å². The minimum atomic E-state index is -4.49. The molecular weight excluding hydrogens is 343 g/mol. The lowest BCUT2D eigenvalue weighted by atomic mass is 10.1. The Morgan fingerprint density at radius 2 is 2.00 bits per heavy atom. The lowest BCUT2D eigenvalue weighted by molar-refractivity contribution is -0.179. The number of hydrogen-bond donors (Lipinski definition) is 1. The molecule has 0 aromatic heterocycles. The lowest BCUT2D eigenvalue weighted by Gasteiger charge is -2.14. The minimum Gasteiger partial charge on any atom is -0.386 e.